The molecule has 0 amide bonds. The molecule has 0 bridgehead atoms. The van der Waals surface area contributed by atoms with Gasteiger partial charge in [0.15, 0.2) is 0 Å². The highest BCUT2D eigenvalue weighted by atomic mass is 19.1. The lowest BCUT2D eigenvalue weighted by Crippen LogP contribution is -1.94. The molecule has 0 aliphatic heterocycles. The largest absolute Gasteiger partial charge is 0.355 e. The molecule has 0 aliphatic carbocycles. The quantitative estimate of drug-likeness (QED) is 0.872. The number of benzene rings is 1. The molecular weight excluding hydrogens is 231 g/mol. The molecule has 1 N–H and O–H groups in total. The van der Waals surface area contributed by atoms with Crippen LogP contribution < -0.4 is 5.32 Å². The van der Waals surface area contributed by atoms with Crippen molar-refractivity contribution in [3.05, 3.63) is 53.6 Å². The molecule has 18 heavy (non-hydrogen) atoms. The van der Waals surface area contributed by atoms with Gasteiger partial charge < -0.3 is 5.32 Å². The molecule has 0 fully saturated rings. The lowest BCUT2D eigenvalue weighted by Gasteiger charge is -2.06. The van der Waals surface area contributed by atoms with Crippen molar-refractivity contribution in [3.8, 4) is 12.1 Å². The summed E-state index contributed by atoms with van der Waals surface area (Å²) in [6.07, 6.45) is 1.50. The molecule has 1 aromatic heterocycles. The van der Waals surface area contributed by atoms with E-state index < -0.39 is 5.82 Å². The molecule has 0 atom stereocenters. The minimum absolute atomic E-state index is 0.0328. The Labute approximate surface area is 103 Å². The van der Waals surface area contributed by atoms with Crippen LogP contribution in [0.25, 0.3) is 0 Å². The van der Waals surface area contributed by atoms with Crippen LogP contribution in [-0.4, -0.2) is 4.98 Å². The van der Waals surface area contributed by atoms with Gasteiger partial charge in [-0.2, -0.15) is 10.5 Å². The standard InChI is InChI=1S/C13H7FN4/c14-13-2-1-10(5-9(13)7-15)18-11-3-4-17-12(6-11)8-16/h1-6H,(H,17,18). The molecule has 0 spiro atoms. The van der Waals surface area contributed by atoms with E-state index in [1.165, 1.54) is 24.4 Å². The molecule has 86 valence electrons. The number of nitrogens with zero attached hydrogens (tertiary/aromatic N) is 3. The van der Waals surface area contributed by atoms with Gasteiger partial charge in [-0.15, -0.1) is 0 Å². The van der Waals surface area contributed by atoms with E-state index in [-0.39, 0.29) is 11.3 Å². The van der Waals surface area contributed by atoms with Gasteiger partial charge in [0.05, 0.1) is 5.56 Å². The fourth-order valence-electron chi connectivity index (χ4n) is 1.42. The van der Waals surface area contributed by atoms with E-state index in [1.807, 2.05) is 6.07 Å². The van der Waals surface area contributed by atoms with Crippen LogP contribution in [-0.2, 0) is 0 Å². The Hall–Kier alpha value is -2.92. The maximum atomic E-state index is 13.1. The zero-order valence-corrected chi connectivity index (χ0v) is 9.18. The van der Waals surface area contributed by atoms with Crippen molar-refractivity contribution in [2.45, 2.75) is 0 Å². The van der Waals surface area contributed by atoms with Gasteiger partial charge in [0.1, 0.15) is 23.6 Å². The fourth-order valence-corrected chi connectivity index (χ4v) is 1.42. The highest BCUT2D eigenvalue weighted by Crippen LogP contribution is 2.19. The molecule has 0 unspecified atom stereocenters. The second-order valence-corrected chi connectivity index (χ2v) is 3.47. The third-order valence-electron chi connectivity index (χ3n) is 2.25. The van der Waals surface area contributed by atoms with E-state index in [2.05, 4.69) is 10.3 Å². The molecule has 2 aromatic rings. The average molecular weight is 238 g/mol. The summed E-state index contributed by atoms with van der Waals surface area (Å²) in [5.74, 6) is -0.560. The van der Waals surface area contributed by atoms with Gasteiger partial charge in [0, 0.05) is 17.6 Å². The van der Waals surface area contributed by atoms with Gasteiger partial charge in [-0.3, -0.25) is 0 Å². The van der Waals surface area contributed by atoms with E-state index in [4.69, 9.17) is 10.5 Å². The highest BCUT2D eigenvalue weighted by molar-refractivity contribution is 5.62. The van der Waals surface area contributed by atoms with E-state index in [0.29, 0.717) is 11.4 Å². The molecule has 5 heteroatoms. The summed E-state index contributed by atoms with van der Waals surface area (Å²) in [5.41, 5.74) is 1.47. The zero-order chi connectivity index (χ0) is 13.0. The number of nitriles is 2. The molecule has 1 aromatic carbocycles. The molecular formula is C13H7FN4. The predicted octanol–water partition coefficient (Wildman–Crippen LogP) is 2.71. The summed E-state index contributed by atoms with van der Waals surface area (Å²) in [7, 11) is 0. The van der Waals surface area contributed by atoms with Crippen LogP contribution in [0.5, 0.6) is 0 Å². The van der Waals surface area contributed by atoms with Crippen LogP contribution in [0.3, 0.4) is 0 Å². The molecule has 0 saturated heterocycles. The molecule has 0 saturated carbocycles. The third-order valence-corrected chi connectivity index (χ3v) is 2.25. The first-order valence-electron chi connectivity index (χ1n) is 5.06. The first-order valence-corrected chi connectivity index (χ1v) is 5.06. The molecule has 0 aliphatic rings. The monoisotopic (exact) mass is 238 g/mol. The number of rotatable bonds is 2. The molecule has 1 heterocycles. The van der Waals surface area contributed by atoms with Crippen molar-refractivity contribution in [2.24, 2.45) is 0 Å². The predicted molar refractivity (Wildman–Crippen MR) is 63.3 cm³/mol. The Morgan fingerprint density at radius 3 is 2.56 bits per heavy atom. The van der Waals surface area contributed by atoms with E-state index in [1.54, 1.807) is 18.2 Å². The summed E-state index contributed by atoms with van der Waals surface area (Å²) in [6.45, 7) is 0. The van der Waals surface area contributed by atoms with Gasteiger partial charge in [0.25, 0.3) is 0 Å². The number of anilines is 2. The third kappa shape index (κ3) is 2.42. The van der Waals surface area contributed by atoms with E-state index >= 15 is 0 Å². The van der Waals surface area contributed by atoms with Crippen LogP contribution >= 0.6 is 0 Å². The summed E-state index contributed by atoms with van der Waals surface area (Å²) < 4.78 is 13.1. The van der Waals surface area contributed by atoms with Gasteiger partial charge >= 0.3 is 0 Å². The maximum Gasteiger partial charge on any atom is 0.142 e. The molecule has 0 radical (unpaired) electrons. The Bertz CT molecular complexity index is 667. The Kier molecular flexibility index (Phi) is 3.17. The number of aromatic nitrogens is 1. The summed E-state index contributed by atoms with van der Waals surface area (Å²) in [5, 5.41) is 20.4. The fraction of sp³-hybridized carbons (Fsp3) is 0. The lowest BCUT2D eigenvalue weighted by atomic mass is 10.2. The number of pyridine rings is 1. The van der Waals surface area contributed by atoms with Crippen molar-refractivity contribution in [1.82, 2.24) is 4.98 Å². The maximum absolute atomic E-state index is 13.1. The minimum atomic E-state index is -0.560. The van der Waals surface area contributed by atoms with Crippen LogP contribution in [0.1, 0.15) is 11.3 Å². The van der Waals surface area contributed by atoms with Crippen LogP contribution in [0.4, 0.5) is 15.8 Å². The number of halogens is 1. The van der Waals surface area contributed by atoms with Crippen molar-refractivity contribution >= 4 is 11.4 Å². The molecule has 4 nitrogen and oxygen atoms in total. The second-order valence-electron chi connectivity index (χ2n) is 3.47. The number of nitrogens with one attached hydrogen (secondary N) is 1. The summed E-state index contributed by atoms with van der Waals surface area (Å²) in [6, 6.07) is 11.1. The van der Waals surface area contributed by atoms with Crippen LogP contribution in [0.15, 0.2) is 36.5 Å². The normalized spacial score (nSPS) is 9.28. The number of hydrogen-bond donors (Lipinski definition) is 1. The average Bonchev–Trinajstić information content (AvgIpc) is 2.41. The van der Waals surface area contributed by atoms with E-state index in [0.717, 1.165) is 0 Å². The first-order chi connectivity index (χ1) is 8.72. The van der Waals surface area contributed by atoms with Crippen molar-refractivity contribution < 1.29 is 4.39 Å². The van der Waals surface area contributed by atoms with Crippen molar-refractivity contribution in [3.63, 3.8) is 0 Å². The zero-order valence-electron chi connectivity index (χ0n) is 9.18. The van der Waals surface area contributed by atoms with Crippen LogP contribution in [0.2, 0.25) is 0 Å². The van der Waals surface area contributed by atoms with Crippen molar-refractivity contribution in [2.75, 3.05) is 5.32 Å². The highest BCUT2D eigenvalue weighted by Gasteiger charge is 2.03. The minimum Gasteiger partial charge on any atom is -0.355 e. The van der Waals surface area contributed by atoms with Crippen molar-refractivity contribution in [1.29, 1.82) is 10.5 Å². The van der Waals surface area contributed by atoms with Gasteiger partial charge in [-0.05, 0) is 30.3 Å². The van der Waals surface area contributed by atoms with E-state index in [9.17, 15) is 4.39 Å². The van der Waals surface area contributed by atoms with Gasteiger partial charge in [-0.25, -0.2) is 9.37 Å². The smallest absolute Gasteiger partial charge is 0.142 e. The van der Waals surface area contributed by atoms with Gasteiger partial charge in [0.2, 0.25) is 0 Å². The second kappa shape index (κ2) is 4.94. The molecule has 2 rings (SSSR count). The van der Waals surface area contributed by atoms with Crippen LogP contribution in [0, 0.1) is 28.5 Å². The SMILES string of the molecule is N#Cc1cc(Nc2ccc(F)c(C#N)c2)ccn1. The summed E-state index contributed by atoms with van der Waals surface area (Å²) in [4.78, 5) is 3.83. The Morgan fingerprint density at radius 2 is 1.83 bits per heavy atom. The van der Waals surface area contributed by atoms with Gasteiger partial charge in [-0.1, -0.05) is 0 Å². The first kappa shape index (κ1) is 11.6. The topological polar surface area (TPSA) is 72.5 Å². The summed E-state index contributed by atoms with van der Waals surface area (Å²) >= 11 is 0. The Morgan fingerprint density at radius 1 is 1.06 bits per heavy atom. The Balaban J connectivity index is 2.29. The number of hydrogen-bond acceptors (Lipinski definition) is 4. The lowest BCUT2D eigenvalue weighted by molar-refractivity contribution is 0.624.